The highest BCUT2D eigenvalue weighted by Gasteiger charge is 2.26. The van der Waals surface area contributed by atoms with E-state index in [1.165, 1.54) is 10.4 Å². The summed E-state index contributed by atoms with van der Waals surface area (Å²) in [5.74, 6) is 0.539. The van der Waals surface area contributed by atoms with Gasteiger partial charge < -0.3 is 9.64 Å². The van der Waals surface area contributed by atoms with Crippen LogP contribution < -0.4 is 0 Å². The summed E-state index contributed by atoms with van der Waals surface area (Å²) < 4.78 is 5.56. The molecular weight excluding hydrogens is 430 g/mol. The molecule has 168 valence electrons. The number of fused-ring (bicyclic) bond motifs is 1. The van der Waals surface area contributed by atoms with Crippen molar-refractivity contribution in [2.24, 2.45) is 0 Å². The minimum atomic E-state index is 0.108. The molecular formula is C27H27N3O2S. The van der Waals surface area contributed by atoms with Crippen molar-refractivity contribution in [1.82, 2.24) is 9.88 Å². The predicted molar refractivity (Wildman–Crippen MR) is 129 cm³/mol. The number of carbonyl (C=O) groups excluding carboxylic acids is 1. The van der Waals surface area contributed by atoms with Crippen LogP contribution in [0.25, 0.3) is 10.6 Å². The molecule has 1 amide bonds. The van der Waals surface area contributed by atoms with Gasteiger partial charge in [0, 0.05) is 35.5 Å². The van der Waals surface area contributed by atoms with Gasteiger partial charge in [-0.1, -0.05) is 18.2 Å². The maximum atomic E-state index is 13.5. The number of aromatic nitrogens is 1. The van der Waals surface area contributed by atoms with Gasteiger partial charge in [0.15, 0.2) is 0 Å². The van der Waals surface area contributed by atoms with Crippen molar-refractivity contribution >= 4 is 17.2 Å². The maximum absolute atomic E-state index is 13.5. The summed E-state index contributed by atoms with van der Waals surface area (Å²) in [5.41, 5.74) is 6.97. The molecule has 1 aromatic heterocycles. The molecule has 2 aromatic carbocycles. The number of thiazole rings is 1. The number of rotatable bonds is 3. The van der Waals surface area contributed by atoms with E-state index in [4.69, 9.17) is 15.0 Å². The van der Waals surface area contributed by atoms with E-state index in [2.05, 4.69) is 31.2 Å². The summed E-state index contributed by atoms with van der Waals surface area (Å²) >= 11 is 1.73. The standard InChI is InChI=1S/C27H27N3O2S/c1-17-13-18(2)23(14-22(17)26-29-24-16-32-12-9-25(24)33-26)27(31)30-10-7-21(8-11-30)20-5-3-19(15-28)4-6-20/h3-6,13-14,21H,7-12,16H2,1-2H3. The number of carbonyl (C=O) groups is 1. The minimum Gasteiger partial charge on any atom is -0.375 e. The molecule has 5 rings (SSSR count). The van der Waals surface area contributed by atoms with Crippen molar-refractivity contribution in [3.63, 3.8) is 0 Å². The molecule has 33 heavy (non-hydrogen) atoms. The first-order chi connectivity index (χ1) is 16.0. The van der Waals surface area contributed by atoms with Crippen LogP contribution in [0.1, 0.15) is 61.9 Å². The summed E-state index contributed by atoms with van der Waals surface area (Å²) in [6, 6.07) is 14.2. The highest BCUT2D eigenvalue weighted by Crippen LogP contribution is 2.35. The third-order valence-electron chi connectivity index (χ3n) is 6.82. The molecule has 3 aromatic rings. The topological polar surface area (TPSA) is 66.2 Å². The lowest BCUT2D eigenvalue weighted by atomic mass is 9.88. The van der Waals surface area contributed by atoms with Crippen molar-refractivity contribution in [2.45, 2.75) is 45.6 Å². The van der Waals surface area contributed by atoms with Gasteiger partial charge in [-0.05, 0) is 67.5 Å². The van der Waals surface area contributed by atoms with Gasteiger partial charge in [-0.25, -0.2) is 4.98 Å². The number of aryl methyl sites for hydroxylation is 2. The van der Waals surface area contributed by atoms with Crippen molar-refractivity contribution in [3.8, 4) is 16.6 Å². The number of amides is 1. The number of likely N-dealkylation sites (tertiary alicyclic amines) is 1. The van der Waals surface area contributed by atoms with E-state index < -0.39 is 0 Å². The first kappa shape index (κ1) is 21.8. The van der Waals surface area contributed by atoms with Crippen LogP contribution in [-0.4, -0.2) is 35.5 Å². The number of hydrogen-bond donors (Lipinski definition) is 0. The van der Waals surface area contributed by atoms with Crippen LogP contribution in [0.5, 0.6) is 0 Å². The lowest BCUT2D eigenvalue weighted by Gasteiger charge is -2.32. The quantitative estimate of drug-likeness (QED) is 0.529. The van der Waals surface area contributed by atoms with Gasteiger partial charge in [0.1, 0.15) is 5.01 Å². The second-order valence-electron chi connectivity index (χ2n) is 8.97. The Kier molecular flexibility index (Phi) is 6.01. The van der Waals surface area contributed by atoms with Gasteiger partial charge in [0.2, 0.25) is 0 Å². The van der Waals surface area contributed by atoms with E-state index >= 15 is 0 Å². The normalized spacial score (nSPS) is 16.3. The van der Waals surface area contributed by atoms with Gasteiger partial charge in [-0.3, -0.25) is 4.79 Å². The lowest BCUT2D eigenvalue weighted by Crippen LogP contribution is -2.38. The largest absolute Gasteiger partial charge is 0.375 e. The Balaban J connectivity index is 1.34. The molecule has 0 bridgehead atoms. The SMILES string of the molecule is Cc1cc(C)c(-c2nc3c(s2)CCOC3)cc1C(=O)N1CCC(c2ccc(C#N)cc2)CC1. The van der Waals surface area contributed by atoms with Crippen molar-refractivity contribution in [1.29, 1.82) is 5.26 Å². The van der Waals surface area contributed by atoms with E-state index in [-0.39, 0.29) is 5.91 Å². The molecule has 1 saturated heterocycles. The molecule has 0 aliphatic carbocycles. The molecule has 2 aliphatic rings. The van der Waals surface area contributed by atoms with E-state index in [0.717, 1.165) is 71.9 Å². The van der Waals surface area contributed by atoms with E-state index in [9.17, 15) is 4.79 Å². The molecule has 0 saturated carbocycles. The average Bonchev–Trinajstić information content (AvgIpc) is 3.28. The van der Waals surface area contributed by atoms with Crippen LogP contribution in [0, 0.1) is 25.2 Å². The van der Waals surface area contributed by atoms with Gasteiger partial charge in [-0.2, -0.15) is 5.26 Å². The monoisotopic (exact) mass is 457 g/mol. The number of benzene rings is 2. The van der Waals surface area contributed by atoms with E-state index in [1.54, 1.807) is 11.3 Å². The molecule has 6 heteroatoms. The molecule has 5 nitrogen and oxygen atoms in total. The Hall–Kier alpha value is -3.01. The number of nitriles is 1. The average molecular weight is 458 g/mol. The van der Waals surface area contributed by atoms with Crippen LogP contribution in [0.2, 0.25) is 0 Å². The van der Waals surface area contributed by atoms with Crippen molar-refractivity contribution in [3.05, 3.63) is 74.8 Å². The molecule has 1 fully saturated rings. The third kappa shape index (κ3) is 4.31. The van der Waals surface area contributed by atoms with Gasteiger partial charge in [-0.15, -0.1) is 11.3 Å². The number of nitrogens with zero attached hydrogens (tertiary/aromatic N) is 3. The van der Waals surface area contributed by atoms with Crippen LogP contribution in [0.3, 0.4) is 0 Å². The van der Waals surface area contributed by atoms with Crippen molar-refractivity contribution < 1.29 is 9.53 Å². The molecule has 0 unspecified atom stereocenters. The van der Waals surface area contributed by atoms with Gasteiger partial charge in [0.25, 0.3) is 5.91 Å². The first-order valence-electron chi connectivity index (χ1n) is 11.5. The Bertz CT molecular complexity index is 1210. The second-order valence-corrected chi connectivity index (χ2v) is 10.1. The zero-order chi connectivity index (χ0) is 22.9. The maximum Gasteiger partial charge on any atom is 0.254 e. The Morgan fingerprint density at radius 2 is 1.91 bits per heavy atom. The van der Waals surface area contributed by atoms with Crippen molar-refractivity contribution in [2.75, 3.05) is 19.7 Å². The number of hydrogen-bond acceptors (Lipinski definition) is 5. The smallest absolute Gasteiger partial charge is 0.254 e. The fraction of sp³-hybridized carbons (Fsp3) is 0.370. The highest BCUT2D eigenvalue weighted by molar-refractivity contribution is 7.15. The Labute approximate surface area is 198 Å². The zero-order valence-electron chi connectivity index (χ0n) is 19.1. The van der Waals surface area contributed by atoms with Gasteiger partial charge in [0.05, 0.1) is 30.5 Å². The van der Waals surface area contributed by atoms with E-state index in [0.29, 0.717) is 18.1 Å². The Morgan fingerprint density at radius 1 is 1.15 bits per heavy atom. The van der Waals surface area contributed by atoms with Gasteiger partial charge >= 0.3 is 0 Å². The number of piperidine rings is 1. The van der Waals surface area contributed by atoms with Crippen LogP contribution in [0.15, 0.2) is 36.4 Å². The molecule has 0 N–H and O–H groups in total. The summed E-state index contributed by atoms with van der Waals surface area (Å²) in [7, 11) is 0. The third-order valence-corrected chi connectivity index (χ3v) is 8.01. The molecule has 0 spiro atoms. The molecule has 3 heterocycles. The number of ether oxygens (including phenoxy) is 1. The minimum absolute atomic E-state index is 0.108. The summed E-state index contributed by atoms with van der Waals surface area (Å²) in [5, 5.41) is 10.00. The van der Waals surface area contributed by atoms with Crippen LogP contribution in [-0.2, 0) is 17.8 Å². The second kappa shape index (κ2) is 9.09. The molecule has 0 atom stereocenters. The summed E-state index contributed by atoms with van der Waals surface area (Å²) in [6.07, 6.45) is 2.79. The Morgan fingerprint density at radius 3 is 2.61 bits per heavy atom. The summed E-state index contributed by atoms with van der Waals surface area (Å²) in [4.78, 5) is 21.6. The van der Waals surface area contributed by atoms with Crippen LogP contribution in [0.4, 0.5) is 0 Å². The molecule has 0 radical (unpaired) electrons. The zero-order valence-corrected chi connectivity index (χ0v) is 19.9. The predicted octanol–water partition coefficient (Wildman–Crippen LogP) is 5.39. The summed E-state index contributed by atoms with van der Waals surface area (Å²) in [6.45, 7) is 6.94. The fourth-order valence-electron chi connectivity index (χ4n) is 4.87. The first-order valence-corrected chi connectivity index (χ1v) is 12.3. The molecule has 2 aliphatic heterocycles. The fourth-order valence-corrected chi connectivity index (χ4v) is 6.00. The van der Waals surface area contributed by atoms with E-state index in [1.807, 2.05) is 30.0 Å². The lowest BCUT2D eigenvalue weighted by molar-refractivity contribution is 0.0712. The van der Waals surface area contributed by atoms with Crippen LogP contribution >= 0.6 is 11.3 Å². The highest BCUT2D eigenvalue weighted by atomic mass is 32.1.